The summed E-state index contributed by atoms with van der Waals surface area (Å²) in [5, 5.41) is -1.18. The van der Waals surface area contributed by atoms with Crippen molar-refractivity contribution in [3.8, 4) is 0 Å². The van der Waals surface area contributed by atoms with Crippen LogP contribution in [0.15, 0.2) is 0 Å². The van der Waals surface area contributed by atoms with E-state index in [1.54, 1.807) is 6.92 Å². The first-order chi connectivity index (χ1) is 3.52. The Bertz CT molecular complexity index is 113. The number of epoxide rings is 1. The molecular formula is C5H8Cl2O. The fourth-order valence-corrected chi connectivity index (χ4v) is 1.13. The summed E-state index contributed by atoms with van der Waals surface area (Å²) < 4.78 is 4.97. The minimum atomic E-state index is -0.608. The third-order valence-electron chi connectivity index (χ3n) is 1.43. The van der Waals surface area contributed by atoms with E-state index in [1.807, 2.05) is 6.92 Å². The maximum Gasteiger partial charge on any atom is 0.186 e. The highest BCUT2D eigenvalue weighted by Crippen LogP contribution is 2.56. The van der Waals surface area contributed by atoms with Crippen LogP contribution in [0.3, 0.4) is 0 Å². The van der Waals surface area contributed by atoms with Gasteiger partial charge in [-0.1, -0.05) is 30.1 Å². The van der Waals surface area contributed by atoms with E-state index in [2.05, 4.69) is 0 Å². The lowest BCUT2D eigenvalue weighted by molar-refractivity contribution is 0.339. The summed E-state index contributed by atoms with van der Waals surface area (Å²) >= 11 is 11.5. The van der Waals surface area contributed by atoms with Crippen molar-refractivity contribution in [2.45, 2.75) is 30.4 Å². The van der Waals surface area contributed by atoms with E-state index >= 15 is 0 Å². The molecule has 0 aromatic rings. The first-order valence-electron chi connectivity index (χ1n) is 2.60. The van der Waals surface area contributed by atoms with Gasteiger partial charge in [0.05, 0.1) is 0 Å². The van der Waals surface area contributed by atoms with Gasteiger partial charge in [-0.3, -0.25) is 0 Å². The first kappa shape index (κ1) is 6.66. The second-order valence-electron chi connectivity index (χ2n) is 2.10. The Kier molecular flexibility index (Phi) is 1.27. The molecule has 1 saturated heterocycles. The van der Waals surface area contributed by atoms with Gasteiger partial charge in [0.2, 0.25) is 0 Å². The molecular weight excluding hydrogens is 147 g/mol. The molecule has 1 aliphatic rings. The van der Waals surface area contributed by atoms with Crippen molar-refractivity contribution in [2.75, 3.05) is 0 Å². The van der Waals surface area contributed by atoms with E-state index in [0.29, 0.717) is 0 Å². The molecule has 1 aliphatic heterocycles. The van der Waals surface area contributed by atoms with Crippen LogP contribution in [0.1, 0.15) is 20.3 Å². The maximum atomic E-state index is 5.77. The van der Waals surface area contributed by atoms with Crippen molar-refractivity contribution in [1.82, 2.24) is 0 Å². The summed E-state index contributed by atoms with van der Waals surface area (Å²) in [6.07, 6.45) is 0.758. The van der Waals surface area contributed by atoms with E-state index < -0.39 is 10.1 Å². The van der Waals surface area contributed by atoms with Crippen molar-refractivity contribution in [2.24, 2.45) is 0 Å². The molecule has 0 N–H and O–H groups in total. The lowest BCUT2D eigenvalue weighted by atomic mass is 10.3. The van der Waals surface area contributed by atoms with Gasteiger partial charge in [-0.2, -0.15) is 0 Å². The van der Waals surface area contributed by atoms with E-state index in [9.17, 15) is 0 Å². The normalized spacial score (nSPS) is 54.0. The van der Waals surface area contributed by atoms with Gasteiger partial charge in [0.25, 0.3) is 0 Å². The molecule has 8 heavy (non-hydrogen) atoms. The van der Waals surface area contributed by atoms with Crippen LogP contribution in [0.2, 0.25) is 0 Å². The monoisotopic (exact) mass is 154 g/mol. The molecule has 0 aromatic heterocycles. The second-order valence-corrected chi connectivity index (χ2v) is 3.43. The molecule has 2 atom stereocenters. The second kappa shape index (κ2) is 1.53. The predicted molar refractivity (Wildman–Crippen MR) is 34.2 cm³/mol. The van der Waals surface area contributed by atoms with E-state index in [-0.39, 0.29) is 0 Å². The Morgan fingerprint density at radius 2 is 1.88 bits per heavy atom. The summed E-state index contributed by atoms with van der Waals surface area (Å²) in [7, 11) is 0. The first-order valence-corrected chi connectivity index (χ1v) is 3.35. The Labute approximate surface area is 58.9 Å². The number of ether oxygens (including phenoxy) is 1. The Balaban J connectivity index is 2.55. The molecule has 1 nitrogen and oxygen atoms in total. The summed E-state index contributed by atoms with van der Waals surface area (Å²) in [5.74, 6) is 0. The Morgan fingerprint density at radius 3 is 1.88 bits per heavy atom. The zero-order valence-corrected chi connectivity index (χ0v) is 6.38. The molecule has 0 aromatic carbocycles. The molecule has 0 saturated carbocycles. The smallest absolute Gasteiger partial charge is 0.186 e. The van der Waals surface area contributed by atoms with E-state index in [4.69, 9.17) is 27.9 Å². The molecule has 0 spiro atoms. The quantitative estimate of drug-likeness (QED) is 0.418. The van der Waals surface area contributed by atoms with E-state index in [0.717, 1.165) is 6.42 Å². The third kappa shape index (κ3) is 0.734. The highest BCUT2D eigenvalue weighted by atomic mass is 35.5. The zero-order chi connectivity index (χ0) is 6.41. The Morgan fingerprint density at radius 1 is 1.50 bits per heavy atom. The van der Waals surface area contributed by atoms with Crippen LogP contribution >= 0.6 is 23.2 Å². The largest absolute Gasteiger partial charge is 0.330 e. The van der Waals surface area contributed by atoms with Gasteiger partial charge in [0, 0.05) is 0 Å². The average Bonchev–Trinajstić information content (AvgIpc) is 2.10. The van der Waals surface area contributed by atoms with Gasteiger partial charge >= 0.3 is 0 Å². The number of hydrogen-bond donors (Lipinski definition) is 0. The highest BCUT2D eigenvalue weighted by Gasteiger charge is 2.64. The van der Waals surface area contributed by atoms with Crippen LogP contribution in [-0.2, 0) is 4.74 Å². The molecule has 0 amide bonds. The zero-order valence-electron chi connectivity index (χ0n) is 4.87. The topological polar surface area (TPSA) is 12.5 Å². The average molecular weight is 155 g/mol. The lowest BCUT2D eigenvalue weighted by Gasteiger charge is -1.96. The van der Waals surface area contributed by atoms with Gasteiger partial charge in [-0.05, 0) is 13.3 Å². The van der Waals surface area contributed by atoms with Gasteiger partial charge in [0.1, 0.15) is 0 Å². The van der Waals surface area contributed by atoms with Crippen molar-refractivity contribution in [1.29, 1.82) is 0 Å². The molecule has 0 bridgehead atoms. The summed E-state index contributed by atoms with van der Waals surface area (Å²) in [6.45, 7) is 3.71. The van der Waals surface area contributed by atoms with Gasteiger partial charge in [-0.25, -0.2) is 0 Å². The number of halogens is 2. The summed E-state index contributed by atoms with van der Waals surface area (Å²) in [6, 6.07) is 0. The van der Waals surface area contributed by atoms with Crippen molar-refractivity contribution >= 4 is 23.2 Å². The summed E-state index contributed by atoms with van der Waals surface area (Å²) in [4.78, 5) is 0. The van der Waals surface area contributed by atoms with Crippen LogP contribution in [0.25, 0.3) is 0 Å². The van der Waals surface area contributed by atoms with Crippen LogP contribution in [0.4, 0.5) is 0 Å². The van der Waals surface area contributed by atoms with Crippen molar-refractivity contribution in [3.05, 3.63) is 0 Å². The molecule has 1 heterocycles. The molecule has 1 rings (SSSR count). The van der Waals surface area contributed by atoms with Gasteiger partial charge in [0.15, 0.2) is 10.1 Å². The van der Waals surface area contributed by atoms with Gasteiger partial charge in [-0.15, -0.1) is 0 Å². The van der Waals surface area contributed by atoms with E-state index in [1.165, 1.54) is 0 Å². The molecule has 0 radical (unpaired) electrons. The molecule has 48 valence electrons. The SMILES string of the molecule is CC[C@]1(Cl)O[C@]1(C)Cl. The number of rotatable bonds is 1. The molecule has 0 unspecified atom stereocenters. The number of hydrogen-bond acceptors (Lipinski definition) is 1. The molecule has 1 fully saturated rings. The van der Waals surface area contributed by atoms with Crippen LogP contribution in [0, 0.1) is 0 Å². The van der Waals surface area contributed by atoms with Crippen molar-refractivity contribution < 1.29 is 4.74 Å². The van der Waals surface area contributed by atoms with Crippen LogP contribution in [-0.4, -0.2) is 10.1 Å². The van der Waals surface area contributed by atoms with Crippen LogP contribution in [0.5, 0.6) is 0 Å². The standard InChI is InChI=1S/C5H8Cl2O/c1-3-5(7)4(2,6)8-5/h3H2,1-2H3/t4-,5-/m0/s1. The minimum Gasteiger partial charge on any atom is -0.330 e. The maximum absolute atomic E-state index is 5.77. The fraction of sp³-hybridized carbons (Fsp3) is 1.00. The number of alkyl halides is 2. The van der Waals surface area contributed by atoms with Crippen LogP contribution < -0.4 is 0 Å². The van der Waals surface area contributed by atoms with Crippen molar-refractivity contribution in [3.63, 3.8) is 0 Å². The van der Waals surface area contributed by atoms with Gasteiger partial charge < -0.3 is 4.74 Å². The lowest BCUT2D eigenvalue weighted by Crippen LogP contribution is -2.08. The Hall–Kier alpha value is 0.540. The predicted octanol–water partition coefficient (Wildman–Crippen LogP) is 2.32. The highest BCUT2D eigenvalue weighted by molar-refractivity contribution is 6.36. The fourth-order valence-electron chi connectivity index (χ4n) is 0.666. The molecule has 3 heteroatoms. The summed E-state index contributed by atoms with van der Waals surface area (Å²) in [5.41, 5.74) is 0. The minimum absolute atomic E-state index is 0.575. The molecule has 0 aliphatic carbocycles. The third-order valence-corrected chi connectivity index (χ3v) is 2.62.